The van der Waals surface area contributed by atoms with Crippen LogP contribution in [0.1, 0.15) is 18.4 Å². The second kappa shape index (κ2) is 11.4. The third-order valence-electron chi connectivity index (χ3n) is 5.78. The van der Waals surface area contributed by atoms with Crippen molar-refractivity contribution in [2.45, 2.75) is 19.4 Å². The van der Waals surface area contributed by atoms with E-state index in [1.54, 1.807) is 0 Å². The zero-order valence-corrected chi connectivity index (χ0v) is 17.6. The SMILES string of the molecule is CN=C(NCCCN1CCN(Cc2ccccc2)CC1)N(C)CC1CCOC1. The molecule has 0 aliphatic carbocycles. The van der Waals surface area contributed by atoms with Crippen molar-refractivity contribution in [1.82, 2.24) is 20.0 Å². The van der Waals surface area contributed by atoms with E-state index in [0.717, 1.165) is 71.3 Å². The van der Waals surface area contributed by atoms with Crippen molar-refractivity contribution >= 4 is 5.96 Å². The van der Waals surface area contributed by atoms with Crippen LogP contribution in [0.5, 0.6) is 0 Å². The molecule has 1 aromatic carbocycles. The van der Waals surface area contributed by atoms with Gasteiger partial charge in [-0.15, -0.1) is 0 Å². The van der Waals surface area contributed by atoms with E-state index in [1.807, 2.05) is 7.05 Å². The molecule has 2 aliphatic heterocycles. The fraction of sp³-hybridized carbons (Fsp3) is 0.682. The van der Waals surface area contributed by atoms with Gasteiger partial charge in [0.2, 0.25) is 0 Å². The van der Waals surface area contributed by atoms with Crippen molar-refractivity contribution in [2.24, 2.45) is 10.9 Å². The molecule has 0 bridgehead atoms. The van der Waals surface area contributed by atoms with Gasteiger partial charge in [0.1, 0.15) is 0 Å². The van der Waals surface area contributed by atoms with Crippen molar-refractivity contribution in [3.05, 3.63) is 35.9 Å². The monoisotopic (exact) mass is 387 g/mol. The molecule has 1 unspecified atom stereocenters. The van der Waals surface area contributed by atoms with Gasteiger partial charge in [-0.2, -0.15) is 0 Å². The third-order valence-corrected chi connectivity index (χ3v) is 5.78. The highest BCUT2D eigenvalue weighted by molar-refractivity contribution is 5.79. The summed E-state index contributed by atoms with van der Waals surface area (Å²) in [5, 5.41) is 3.52. The first-order chi connectivity index (χ1) is 13.7. The largest absolute Gasteiger partial charge is 0.381 e. The van der Waals surface area contributed by atoms with Gasteiger partial charge in [-0.05, 0) is 24.9 Å². The number of nitrogens with one attached hydrogen (secondary N) is 1. The summed E-state index contributed by atoms with van der Waals surface area (Å²) in [5.74, 6) is 1.63. The van der Waals surface area contributed by atoms with E-state index in [0.29, 0.717) is 5.92 Å². The molecule has 0 aromatic heterocycles. The number of piperazine rings is 1. The number of ether oxygens (including phenoxy) is 1. The summed E-state index contributed by atoms with van der Waals surface area (Å²) in [6.45, 7) is 10.7. The zero-order chi connectivity index (χ0) is 19.6. The highest BCUT2D eigenvalue weighted by atomic mass is 16.5. The van der Waals surface area contributed by atoms with Crippen molar-refractivity contribution in [3.8, 4) is 0 Å². The number of hydrogen-bond acceptors (Lipinski definition) is 4. The molecule has 0 radical (unpaired) electrons. The number of hydrogen-bond donors (Lipinski definition) is 1. The van der Waals surface area contributed by atoms with E-state index in [-0.39, 0.29) is 0 Å². The lowest BCUT2D eigenvalue weighted by Crippen LogP contribution is -2.47. The van der Waals surface area contributed by atoms with E-state index in [4.69, 9.17) is 4.74 Å². The Balaban J connectivity index is 1.28. The highest BCUT2D eigenvalue weighted by Crippen LogP contribution is 2.13. The van der Waals surface area contributed by atoms with E-state index in [1.165, 1.54) is 18.7 Å². The molecule has 0 amide bonds. The standard InChI is InChI=1S/C22H37N5O/c1-23-22(25(2)17-21-9-16-28-19-21)24-10-6-11-26-12-14-27(15-13-26)18-20-7-4-3-5-8-20/h3-5,7-8,21H,6,9-19H2,1-2H3,(H,23,24). The molecule has 2 fully saturated rings. The number of aliphatic imine (C=N–C) groups is 1. The minimum absolute atomic E-state index is 0.635. The smallest absolute Gasteiger partial charge is 0.193 e. The van der Waals surface area contributed by atoms with Crippen LogP contribution in [0.25, 0.3) is 0 Å². The molecule has 6 heteroatoms. The Kier molecular flexibility index (Phi) is 8.58. The molecule has 6 nitrogen and oxygen atoms in total. The van der Waals surface area contributed by atoms with Crippen LogP contribution < -0.4 is 5.32 Å². The first-order valence-corrected chi connectivity index (χ1v) is 10.7. The number of benzene rings is 1. The predicted octanol–water partition coefficient (Wildman–Crippen LogP) is 1.74. The summed E-state index contributed by atoms with van der Waals surface area (Å²) < 4.78 is 5.48. The molecule has 2 saturated heterocycles. The topological polar surface area (TPSA) is 43.3 Å². The van der Waals surface area contributed by atoms with Crippen LogP contribution >= 0.6 is 0 Å². The fourth-order valence-corrected chi connectivity index (χ4v) is 4.10. The first-order valence-electron chi connectivity index (χ1n) is 10.7. The molecular weight excluding hydrogens is 350 g/mol. The van der Waals surface area contributed by atoms with Gasteiger partial charge in [-0.3, -0.25) is 9.89 Å². The molecule has 156 valence electrons. The Hall–Kier alpha value is -1.63. The minimum Gasteiger partial charge on any atom is -0.381 e. The summed E-state index contributed by atoms with van der Waals surface area (Å²) >= 11 is 0. The highest BCUT2D eigenvalue weighted by Gasteiger charge is 2.19. The number of nitrogens with zero attached hydrogens (tertiary/aromatic N) is 4. The van der Waals surface area contributed by atoms with Crippen LogP contribution in [-0.4, -0.2) is 93.8 Å². The Morgan fingerprint density at radius 2 is 1.93 bits per heavy atom. The first kappa shape index (κ1) is 21.1. The van der Waals surface area contributed by atoms with E-state index >= 15 is 0 Å². The van der Waals surface area contributed by atoms with Gasteiger partial charge in [-0.1, -0.05) is 30.3 Å². The van der Waals surface area contributed by atoms with Gasteiger partial charge in [-0.25, -0.2) is 0 Å². The van der Waals surface area contributed by atoms with Crippen LogP contribution in [-0.2, 0) is 11.3 Å². The lowest BCUT2D eigenvalue weighted by Gasteiger charge is -2.34. The van der Waals surface area contributed by atoms with Crippen LogP contribution in [0.3, 0.4) is 0 Å². The predicted molar refractivity (Wildman–Crippen MR) is 116 cm³/mol. The van der Waals surface area contributed by atoms with Crippen molar-refractivity contribution in [2.75, 3.05) is 73.1 Å². The molecule has 1 aromatic rings. The quantitative estimate of drug-likeness (QED) is 0.418. The molecular formula is C22H37N5O. The molecule has 0 spiro atoms. The summed E-state index contributed by atoms with van der Waals surface area (Å²) in [7, 11) is 4.00. The Morgan fingerprint density at radius 1 is 1.18 bits per heavy atom. The Morgan fingerprint density at radius 3 is 2.61 bits per heavy atom. The van der Waals surface area contributed by atoms with Crippen molar-refractivity contribution < 1.29 is 4.74 Å². The minimum atomic E-state index is 0.635. The molecule has 1 N–H and O–H groups in total. The average Bonchev–Trinajstić information content (AvgIpc) is 3.23. The fourth-order valence-electron chi connectivity index (χ4n) is 4.10. The van der Waals surface area contributed by atoms with Gasteiger partial charge in [0.15, 0.2) is 5.96 Å². The van der Waals surface area contributed by atoms with E-state index in [9.17, 15) is 0 Å². The van der Waals surface area contributed by atoms with Gasteiger partial charge in [0.25, 0.3) is 0 Å². The third kappa shape index (κ3) is 6.76. The average molecular weight is 388 g/mol. The Bertz CT molecular complexity index is 580. The van der Waals surface area contributed by atoms with Crippen molar-refractivity contribution in [1.29, 1.82) is 0 Å². The van der Waals surface area contributed by atoms with Gasteiger partial charge < -0.3 is 19.9 Å². The lowest BCUT2D eigenvalue weighted by atomic mass is 10.1. The molecule has 2 heterocycles. The van der Waals surface area contributed by atoms with Gasteiger partial charge >= 0.3 is 0 Å². The molecule has 1 atom stereocenters. The summed E-state index contributed by atoms with van der Waals surface area (Å²) in [6, 6.07) is 10.8. The molecule has 3 rings (SSSR count). The van der Waals surface area contributed by atoms with Crippen LogP contribution in [0.4, 0.5) is 0 Å². The van der Waals surface area contributed by atoms with E-state index < -0.39 is 0 Å². The summed E-state index contributed by atoms with van der Waals surface area (Å²) in [5.41, 5.74) is 1.42. The van der Waals surface area contributed by atoms with Crippen LogP contribution in [0.2, 0.25) is 0 Å². The van der Waals surface area contributed by atoms with Crippen LogP contribution in [0.15, 0.2) is 35.3 Å². The number of rotatable bonds is 8. The Labute approximate surface area is 170 Å². The molecule has 28 heavy (non-hydrogen) atoms. The maximum Gasteiger partial charge on any atom is 0.193 e. The second-order valence-corrected chi connectivity index (χ2v) is 8.04. The lowest BCUT2D eigenvalue weighted by molar-refractivity contribution is 0.126. The summed E-state index contributed by atoms with van der Waals surface area (Å²) in [6.07, 6.45) is 2.32. The second-order valence-electron chi connectivity index (χ2n) is 8.04. The molecule has 2 aliphatic rings. The van der Waals surface area contributed by atoms with Gasteiger partial charge in [0, 0.05) is 72.4 Å². The van der Waals surface area contributed by atoms with Crippen LogP contribution in [0, 0.1) is 5.92 Å². The van der Waals surface area contributed by atoms with E-state index in [2.05, 4.69) is 62.4 Å². The normalized spacial score (nSPS) is 21.8. The van der Waals surface area contributed by atoms with Crippen molar-refractivity contribution in [3.63, 3.8) is 0 Å². The number of guanidine groups is 1. The maximum atomic E-state index is 5.48. The summed E-state index contributed by atoms with van der Waals surface area (Å²) in [4.78, 5) is 11.8. The van der Waals surface area contributed by atoms with Gasteiger partial charge in [0.05, 0.1) is 6.61 Å². The zero-order valence-electron chi connectivity index (χ0n) is 17.6. The maximum absolute atomic E-state index is 5.48. The molecule has 0 saturated carbocycles.